The van der Waals surface area contributed by atoms with Crippen molar-refractivity contribution in [2.24, 2.45) is 5.92 Å². The van der Waals surface area contributed by atoms with Crippen molar-refractivity contribution in [2.75, 3.05) is 40.0 Å². The zero-order valence-corrected chi connectivity index (χ0v) is 16.7. The number of hydrogen-bond acceptors (Lipinski definition) is 3. The van der Waals surface area contributed by atoms with E-state index in [0.29, 0.717) is 0 Å². The molecule has 27 heavy (non-hydrogen) atoms. The lowest BCUT2D eigenvalue weighted by atomic mass is 9.70. The molecule has 0 radical (unpaired) electrons. The van der Waals surface area contributed by atoms with Crippen LogP contribution in [0.15, 0.2) is 54.6 Å². The molecule has 1 fully saturated rings. The van der Waals surface area contributed by atoms with Crippen molar-refractivity contribution in [2.45, 2.75) is 25.4 Å². The molecule has 0 spiro atoms. The quantitative estimate of drug-likeness (QED) is 0.786. The van der Waals surface area contributed by atoms with Gasteiger partial charge in [-0.25, -0.2) is 0 Å². The first-order chi connectivity index (χ1) is 13.1. The van der Waals surface area contributed by atoms with Crippen molar-refractivity contribution < 1.29 is 19.5 Å². The molecule has 4 heteroatoms. The fourth-order valence-electron chi connectivity index (χ4n) is 4.16. The third-order valence-electron chi connectivity index (χ3n) is 5.86. The average molecular weight is 371 g/mol. The van der Waals surface area contributed by atoms with Crippen LogP contribution in [0.25, 0.3) is 0 Å². The van der Waals surface area contributed by atoms with Gasteiger partial charge in [0, 0.05) is 0 Å². The molecule has 0 aromatic heterocycles. The number of ether oxygens (including phenoxy) is 2. The number of methoxy groups -OCH3 is 1. The number of hydrogen-bond donors (Lipinski definition) is 2. The highest BCUT2D eigenvalue weighted by molar-refractivity contribution is 5.35. The molecule has 0 saturated carbocycles. The van der Waals surface area contributed by atoms with E-state index in [2.05, 4.69) is 38.1 Å². The number of nitrogens with one attached hydrogen (secondary N) is 1. The van der Waals surface area contributed by atoms with Crippen LogP contribution in [0.4, 0.5) is 0 Å². The average Bonchev–Trinajstić information content (AvgIpc) is 2.73. The summed E-state index contributed by atoms with van der Waals surface area (Å²) in [5, 5.41) is 12.1. The lowest BCUT2D eigenvalue weighted by Crippen LogP contribution is -3.14. The normalized spacial score (nSPS) is 18.9. The summed E-state index contributed by atoms with van der Waals surface area (Å²) in [6.07, 6.45) is 0. The van der Waals surface area contributed by atoms with Crippen molar-refractivity contribution in [3.05, 3.63) is 65.7 Å². The van der Waals surface area contributed by atoms with Crippen LogP contribution in [0.5, 0.6) is 5.75 Å². The van der Waals surface area contributed by atoms with Crippen LogP contribution in [-0.2, 0) is 10.3 Å². The molecule has 1 saturated heterocycles. The molecule has 2 aromatic rings. The fraction of sp³-hybridized carbons (Fsp3) is 0.478. The Bertz CT molecular complexity index is 695. The lowest BCUT2D eigenvalue weighted by molar-refractivity contribution is -0.910. The number of benzene rings is 2. The maximum Gasteiger partial charge on any atom is 0.118 e. The largest absolute Gasteiger partial charge is 0.497 e. The highest BCUT2D eigenvalue weighted by Gasteiger charge is 2.44. The van der Waals surface area contributed by atoms with E-state index in [1.807, 2.05) is 30.3 Å². The van der Waals surface area contributed by atoms with Gasteiger partial charge in [0.05, 0.1) is 32.8 Å². The highest BCUT2D eigenvalue weighted by atomic mass is 16.5. The maximum absolute atomic E-state index is 12.1. The molecule has 2 aromatic carbocycles. The molecule has 1 aliphatic rings. The second-order valence-corrected chi connectivity index (χ2v) is 7.74. The predicted molar refractivity (Wildman–Crippen MR) is 107 cm³/mol. The Labute approximate surface area is 162 Å². The smallest absolute Gasteiger partial charge is 0.118 e. The molecule has 3 rings (SSSR count). The van der Waals surface area contributed by atoms with Gasteiger partial charge in [0.1, 0.15) is 24.4 Å². The molecule has 4 nitrogen and oxygen atoms in total. The van der Waals surface area contributed by atoms with E-state index in [-0.39, 0.29) is 11.8 Å². The van der Waals surface area contributed by atoms with Crippen LogP contribution in [-0.4, -0.2) is 45.1 Å². The molecule has 2 atom stereocenters. The van der Waals surface area contributed by atoms with Crippen molar-refractivity contribution in [3.8, 4) is 5.75 Å². The van der Waals surface area contributed by atoms with Crippen molar-refractivity contribution in [1.82, 2.24) is 0 Å². The molecule has 1 aliphatic heterocycles. The SMILES string of the molecule is COc1ccc([C@](O)(C(C)C)[C@H](C[NH+]2CCOCC2)c2ccccc2)cc1. The second kappa shape index (κ2) is 8.87. The van der Waals surface area contributed by atoms with E-state index in [9.17, 15) is 5.11 Å². The highest BCUT2D eigenvalue weighted by Crippen LogP contribution is 2.42. The summed E-state index contributed by atoms with van der Waals surface area (Å²) in [5.41, 5.74) is 1.17. The Morgan fingerprint density at radius 2 is 1.67 bits per heavy atom. The van der Waals surface area contributed by atoms with Crippen molar-refractivity contribution in [1.29, 1.82) is 0 Å². The van der Waals surface area contributed by atoms with Gasteiger partial charge in [-0.1, -0.05) is 56.3 Å². The first-order valence-corrected chi connectivity index (χ1v) is 9.89. The van der Waals surface area contributed by atoms with E-state index in [0.717, 1.165) is 44.2 Å². The minimum atomic E-state index is -0.959. The van der Waals surface area contributed by atoms with Gasteiger partial charge in [-0.15, -0.1) is 0 Å². The van der Waals surface area contributed by atoms with Crippen LogP contribution in [0.2, 0.25) is 0 Å². The summed E-state index contributed by atoms with van der Waals surface area (Å²) < 4.78 is 10.8. The third kappa shape index (κ3) is 4.34. The van der Waals surface area contributed by atoms with Crippen LogP contribution in [0, 0.1) is 5.92 Å². The molecule has 0 aliphatic carbocycles. The minimum absolute atomic E-state index is 0.000180. The summed E-state index contributed by atoms with van der Waals surface area (Å²) >= 11 is 0. The number of morpholine rings is 1. The fourth-order valence-corrected chi connectivity index (χ4v) is 4.16. The van der Waals surface area contributed by atoms with E-state index in [1.54, 1.807) is 7.11 Å². The van der Waals surface area contributed by atoms with Gasteiger partial charge in [0.15, 0.2) is 0 Å². The topological polar surface area (TPSA) is 43.1 Å². The third-order valence-corrected chi connectivity index (χ3v) is 5.86. The standard InChI is InChI=1S/C23H31NO3/c1-18(2)23(25,20-9-11-21(26-3)12-10-20)22(19-7-5-4-6-8-19)17-24-13-15-27-16-14-24/h4-12,18,22,25H,13-17H2,1-3H3/p+1/t22-,23-/m1/s1. The summed E-state index contributed by atoms with van der Waals surface area (Å²) in [7, 11) is 1.66. The van der Waals surface area contributed by atoms with Gasteiger partial charge < -0.3 is 19.5 Å². The Morgan fingerprint density at radius 3 is 2.22 bits per heavy atom. The summed E-state index contributed by atoms with van der Waals surface area (Å²) in [4.78, 5) is 1.49. The molecule has 0 unspecified atom stereocenters. The van der Waals surface area contributed by atoms with E-state index in [4.69, 9.17) is 9.47 Å². The van der Waals surface area contributed by atoms with Crippen LogP contribution in [0.3, 0.4) is 0 Å². The maximum atomic E-state index is 12.1. The molecule has 146 valence electrons. The number of rotatable bonds is 7. The molecule has 2 N–H and O–H groups in total. The van der Waals surface area contributed by atoms with Gasteiger partial charge in [-0.2, -0.15) is 0 Å². The molecule has 1 heterocycles. The van der Waals surface area contributed by atoms with E-state index < -0.39 is 5.60 Å². The van der Waals surface area contributed by atoms with Gasteiger partial charge in [0.2, 0.25) is 0 Å². The van der Waals surface area contributed by atoms with Crippen LogP contribution >= 0.6 is 0 Å². The second-order valence-electron chi connectivity index (χ2n) is 7.74. The number of aliphatic hydroxyl groups is 1. The van der Waals surface area contributed by atoms with Crippen molar-refractivity contribution in [3.63, 3.8) is 0 Å². The Balaban J connectivity index is 2.01. The summed E-state index contributed by atoms with van der Waals surface area (Å²) in [5.74, 6) is 0.872. The first-order valence-electron chi connectivity index (χ1n) is 9.89. The Hall–Kier alpha value is -1.88. The summed E-state index contributed by atoms with van der Waals surface area (Å²) in [6, 6.07) is 18.3. The Kier molecular flexibility index (Phi) is 6.53. The van der Waals surface area contributed by atoms with Gasteiger partial charge in [-0.05, 0) is 29.2 Å². The van der Waals surface area contributed by atoms with E-state index in [1.165, 1.54) is 10.5 Å². The monoisotopic (exact) mass is 370 g/mol. The van der Waals surface area contributed by atoms with Gasteiger partial charge in [-0.3, -0.25) is 0 Å². The van der Waals surface area contributed by atoms with Crippen LogP contribution < -0.4 is 9.64 Å². The minimum Gasteiger partial charge on any atom is -0.497 e. The van der Waals surface area contributed by atoms with Gasteiger partial charge >= 0.3 is 0 Å². The molecule has 0 bridgehead atoms. The molecule has 0 amide bonds. The predicted octanol–water partition coefficient (Wildman–Crippen LogP) is 2.24. The number of quaternary nitrogens is 1. The van der Waals surface area contributed by atoms with Crippen LogP contribution in [0.1, 0.15) is 30.9 Å². The Morgan fingerprint density at radius 1 is 1.04 bits per heavy atom. The zero-order valence-electron chi connectivity index (χ0n) is 16.7. The first kappa shape index (κ1) is 19.9. The lowest BCUT2D eigenvalue weighted by Gasteiger charge is -2.42. The zero-order chi connectivity index (χ0) is 19.3. The van der Waals surface area contributed by atoms with E-state index >= 15 is 0 Å². The molecular formula is C23H32NO3+. The summed E-state index contributed by atoms with van der Waals surface area (Å²) in [6.45, 7) is 8.65. The van der Waals surface area contributed by atoms with Gasteiger partial charge in [0.25, 0.3) is 0 Å². The van der Waals surface area contributed by atoms with Crippen molar-refractivity contribution >= 4 is 0 Å². The molecular weight excluding hydrogens is 338 g/mol.